The lowest BCUT2D eigenvalue weighted by Crippen LogP contribution is -2.48. The van der Waals surface area contributed by atoms with Gasteiger partial charge in [0.25, 0.3) is 0 Å². The first-order valence-corrected chi connectivity index (χ1v) is 7.81. The monoisotopic (exact) mass is 314 g/mol. The molecule has 0 radical (unpaired) electrons. The maximum atomic E-state index is 11.7. The number of aryl methyl sites for hydroxylation is 1. The molecule has 1 fully saturated rings. The molecule has 6 heteroatoms. The largest absolute Gasteiger partial charge is 0.366 e. The molecule has 0 spiro atoms. The van der Waals surface area contributed by atoms with Crippen molar-refractivity contribution in [2.24, 2.45) is 0 Å². The maximum Gasteiger partial charge on any atom is 0.250 e. The molecule has 6 nitrogen and oxygen atoms in total. The molecule has 23 heavy (non-hydrogen) atoms. The van der Waals surface area contributed by atoms with Crippen molar-refractivity contribution in [3.8, 4) is 5.69 Å². The Morgan fingerprint density at radius 1 is 1.48 bits per heavy atom. The second kappa shape index (κ2) is 6.93. The summed E-state index contributed by atoms with van der Waals surface area (Å²) < 4.78 is 7.53. The van der Waals surface area contributed by atoms with Crippen LogP contribution in [-0.4, -0.2) is 53.2 Å². The number of hydrogen-bond donors (Lipinski definition) is 1. The third-order valence-corrected chi connectivity index (χ3v) is 4.21. The Morgan fingerprint density at radius 3 is 3.04 bits per heavy atom. The lowest BCUT2D eigenvalue weighted by atomic mass is 10.1. The molecule has 2 aromatic rings. The summed E-state index contributed by atoms with van der Waals surface area (Å²) in [5.41, 5.74) is 3.61. The fraction of sp³-hybridized carbons (Fsp3) is 0.412. The van der Waals surface area contributed by atoms with Crippen LogP contribution in [0, 0.1) is 6.92 Å². The van der Waals surface area contributed by atoms with E-state index in [1.165, 1.54) is 11.1 Å². The van der Waals surface area contributed by atoms with E-state index in [0.717, 1.165) is 18.8 Å². The highest BCUT2D eigenvalue weighted by Gasteiger charge is 2.25. The zero-order valence-electron chi connectivity index (χ0n) is 13.5. The van der Waals surface area contributed by atoms with E-state index in [0.29, 0.717) is 13.2 Å². The lowest BCUT2D eigenvalue weighted by Gasteiger charge is -2.32. The van der Waals surface area contributed by atoms with Crippen LogP contribution in [-0.2, 0) is 16.1 Å². The smallest absolute Gasteiger partial charge is 0.250 e. The second-order valence-corrected chi connectivity index (χ2v) is 5.79. The van der Waals surface area contributed by atoms with E-state index < -0.39 is 0 Å². The fourth-order valence-electron chi connectivity index (χ4n) is 2.84. The molecule has 1 aromatic carbocycles. The average molecular weight is 314 g/mol. The van der Waals surface area contributed by atoms with E-state index in [4.69, 9.17) is 4.74 Å². The molecule has 1 saturated heterocycles. The molecule has 0 bridgehead atoms. The van der Waals surface area contributed by atoms with Gasteiger partial charge in [0.05, 0.1) is 12.9 Å². The van der Waals surface area contributed by atoms with Gasteiger partial charge in [-0.15, -0.1) is 0 Å². The molecule has 1 amide bonds. The Kier molecular flexibility index (Phi) is 4.73. The molecule has 122 valence electrons. The van der Waals surface area contributed by atoms with Gasteiger partial charge in [0, 0.05) is 44.8 Å². The topological polar surface area (TPSA) is 59.4 Å². The molecule has 1 aliphatic rings. The van der Waals surface area contributed by atoms with Crippen LogP contribution in [0.5, 0.6) is 0 Å². The molecule has 1 aromatic heterocycles. The van der Waals surface area contributed by atoms with Gasteiger partial charge >= 0.3 is 0 Å². The number of aromatic nitrogens is 2. The van der Waals surface area contributed by atoms with Gasteiger partial charge in [0.1, 0.15) is 6.10 Å². The summed E-state index contributed by atoms with van der Waals surface area (Å²) in [6.45, 7) is 5.00. The summed E-state index contributed by atoms with van der Waals surface area (Å²) in [6, 6.07) is 6.41. The predicted octanol–water partition coefficient (Wildman–Crippen LogP) is 1.13. The van der Waals surface area contributed by atoms with Gasteiger partial charge in [-0.25, -0.2) is 4.98 Å². The standard InChI is InChI=1S/C17H22N4O2/c1-13-9-15(21-6-5-19-12-21)4-3-14(13)10-20-7-8-23-16(11-20)17(22)18-2/h3-6,9,12,16H,7-8,10-11H2,1-2H3,(H,18,22). The van der Waals surface area contributed by atoms with Crippen LogP contribution in [0.1, 0.15) is 11.1 Å². The van der Waals surface area contributed by atoms with Gasteiger partial charge in [-0.05, 0) is 30.2 Å². The number of morpholine rings is 1. The van der Waals surface area contributed by atoms with Gasteiger partial charge in [-0.2, -0.15) is 0 Å². The minimum absolute atomic E-state index is 0.0538. The van der Waals surface area contributed by atoms with Crippen LogP contribution in [0.25, 0.3) is 5.69 Å². The molecule has 0 saturated carbocycles. The minimum atomic E-state index is -0.376. The Labute approximate surface area is 136 Å². The summed E-state index contributed by atoms with van der Waals surface area (Å²) in [5.74, 6) is -0.0538. The molecular formula is C17H22N4O2. The number of hydrogen-bond acceptors (Lipinski definition) is 4. The van der Waals surface area contributed by atoms with Crippen molar-refractivity contribution in [2.45, 2.75) is 19.6 Å². The zero-order valence-corrected chi connectivity index (χ0v) is 13.5. The molecule has 1 atom stereocenters. The van der Waals surface area contributed by atoms with E-state index in [1.54, 1.807) is 19.6 Å². The zero-order chi connectivity index (χ0) is 16.2. The Morgan fingerprint density at radius 2 is 2.35 bits per heavy atom. The van der Waals surface area contributed by atoms with Gasteiger partial charge in [-0.3, -0.25) is 9.69 Å². The SMILES string of the molecule is CNC(=O)C1CN(Cc2ccc(-n3ccnc3)cc2C)CCO1. The highest BCUT2D eigenvalue weighted by atomic mass is 16.5. The Bertz CT molecular complexity index is 669. The summed E-state index contributed by atoms with van der Waals surface area (Å²) >= 11 is 0. The third-order valence-electron chi connectivity index (χ3n) is 4.21. The van der Waals surface area contributed by atoms with Crippen LogP contribution in [0.2, 0.25) is 0 Å². The van der Waals surface area contributed by atoms with Crippen LogP contribution >= 0.6 is 0 Å². The van der Waals surface area contributed by atoms with E-state index >= 15 is 0 Å². The van der Waals surface area contributed by atoms with Crippen molar-refractivity contribution >= 4 is 5.91 Å². The van der Waals surface area contributed by atoms with Crippen LogP contribution in [0.3, 0.4) is 0 Å². The van der Waals surface area contributed by atoms with Crippen LogP contribution in [0.15, 0.2) is 36.9 Å². The number of rotatable bonds is 4. The molecule has 1 N–H and O–H groups in total. The number of nitrogens with zero attached hydrogens (tertiary/aromatic N) is 3. The number of imidazole rings is 1. The van der Waals surface area contributed by atoms with Gasteiger partial charge in [-0.1, -0.05) is 6.07 Å². The first-order valence-electron chi connectivity index (χ1n) is 7.81. The molecule has 1 unspecified atom stereocenters. The average Bonchev–Trinajstić information content (AvgIpc) is 3.11. The van der Waals surface area contributed by atoms with Crippen molar-refractivity contribution in [1.82, 2.24) is 19.8 Å². The van der Waals surface area contributed by atoms with Crippen molar-refractivity contribution in [2.75, 3.05) is 26.7 Å². The third kappa shape index (κ3) is 3.60. The van der Waals surface area contributed by atoms with Gasteiger partial charge in [0.15, 0.2) is 0 Å². The summed E-state index contributed by atoms with van der Waals surface area (Å²) in [5, 5.41) is 2.65. The molecular weight excluding hydrogens is 292 g/mol. The molecule has 2 heterocycles. The number of benzene rings is 1. The first kappa shape index (κ1) is 15.7. The first-order chi connectivity index (χ1) is 11.2. The number of likely N-dealkylation sites (N-methyl/N-ethyl adjacent to an activating group) is 1. The van der Waals surface area contributed by atoms with E-state index in [9.17, 15) is 4.79 Å². The van der Waals surface area contributed by atoms with E-state index in [-0.39, 0.29) is 12.0 Å². The number of nitrogens with one attached hydrogen (secondary N) is 1. The highest BCUT2D eigenvalue weighted by molar-refractivity contribution is 5.80. The van der Waals surface area contributed by atoms with Gasteiger partial charge < -0.3 is 14.6 Å². The van der Waals surface area contributed by atoms with E-state index in [1.807, 2.05) is 10.8 Å². The predicted molar refractivity (Wildman–Crippen MR) is 87.4 cm³/mol. The van der Waals surface area contributed by atoms with Crippen molar-refractivity contribution in [1.29, 1.82) is 0 Å². The highest BCUT2D eigenvalue weighted by Crippen LogP contribution is 2.18. The van der Waals surface area contributed by atoms with E-state index in [2.05, 4.69) is 40.3 Å². The quantitative estimate of drug-likeness (QED) is 0.919. The van der Waals surface area contributed by atoms with Crippen LogP contribution in [0.4, 0.5) is 0 Å². The number of ether oxygens (including phenoxy) is 1. The van der Waals surface area contributed by atoms with Crippen LogP contribution < -0.4 is 5.32 Å². The normalized spacial score (nSPS) is 18.8. The van der Waals surface area contributed by atoms with Gasteiger partial charge in [0.2, 0.25) is 5.91 Å². The summed E-state index contributed by atoms with van der Waals surface area (Å²) in [6.07, 6.45) is 5.13. The van der Waals surface area contributed by atoms with Crippen molar-refractivity contribution in [3.63, 3.8) is 0 Å². The molecule has 0 aliphatic carbocycles. The van der Waals surface area contributed by atoms with Crippen molar-refractivity contribution in [3.05, 3.63) is 48.0 Å². The lowest BCUT2D eigenvalue weighted by molar-refractivity contribution is -0.138. The Balaban J connectivity index is 1.69. The fourth-order valence-corrected chi connectivity index (χ4v) is 2.84. The molecule has 3 rings (SSSR count). The number of carbonyl (C=O) groups excluding carboxylic acids is 1. The van der Waals surface area contributed by atoms with Crippen molar-refractivity contribution < 1.29 is 9.53 Å². The maximum absolute atomic E-state index is 11.7. The molecule has 1 aliphatic heterocycles. The summed E-state index contributed by atoms with van der Waals surface area (Å²) in [7, 11) is 1.64. The minimum Gasteiger partial charge on any atom is -0.366 e. The number of amides is 1. The Hall–Kier alpha value is -2.18. The second-order valence-electron chi connectivity index (χ2n) is 5.79. The number of carbonyl (C=O) groups is 1. The summed E-state index contributed by atoms with van der Waals surface area (Å²) in [4.78, 5) is 18.1.